The van der Waals surface area contributed by atoms with Crippen LogP contribution in [0.5, 0.6) is 0 Å². The zero-order valence-corrected chi connectivity index (χ0v) is 17.1. The number of nitrogens with zero attached hydrogens (tertiary/aromatic N) is 6. The van der Waals surface area contributed by atoms with Crippen molar-refractivity contribution >= 4 is 28.4 Å². The Morgan fingerprint density at radius 3 is 2.83 bits per heavy atom. The second-order valence-corrected chi connectivity index (χ2v) is 8.67. The third-order valence-electron chi connectivity index (χ3n) is 5.76. The molecule has 2 aliphatic rings. The lowest BCUT2D eigenvalue weighted by atomic mass is 10.1. The van der Waals surface area contributed by atoms with E-state index in [9.17, 15) is 4.79 Å². The second kappa shape index (κ2) is 8.12. The van der Waals surface area contributed by atoms with Crippen LogP contribution in [0.25, 0.3) is 10.8 Å². The average Bonchev–Trinajstić information content (AvgIpc) is 2.78. The number of aromatic nitrogens is 4. The van der Waals surface area contributed by atoms with Crippen LogP contribution in [-0.2, 0) is 18.7 Å². The Bertz CT molecular complexity index is 1070. The fourth-order valence-corrected chi connectivity index (χ4v) is 5.03. The molecule has 0 atom stereocenters. The lowest BCUT2D eigenvalue weighted by Crippen LogP contribution is -2.48. The van der Waals surface area contributed by atoms with E-state index in [1.807, 2.05) is 30.1 Å². The Balaban J connectivity index is 1.22. The summed E-state index contributed by atoms with van der Waals surface area (Å²) in [4.78, 5) is 17.1. The van der Waals surface area contributed by atoms with Crippen LogP contribution in [0.1, 0.15) is 11.3 Å². The molecule has 0 amide bonds. The van der Waals surface area contributed by atoms with Crippen molar-refractivity contribution in [2.75, 3.05) is 43.4 Å². The molecular formula is C21H24N6OS. The number of benzene rings is 1. The van der Waals surface area contributed by atoms with Gasteiger partial charge >= 0.3 is 0 Å². The van der Waals surface area contributed by atoms with Crippen LogP contribution >= 0.6 is 11.8 Å². The topological polar surface area (TPSA) is 67.2 Å². The second-order valence-electron chi connectivity index (χ2n) is 7.56. The van der Waals surface area contributed by atoms with E-state index in [1.54, 1.807) is 10.7 Å². The predicted molar refractivity (Wildman–Crippen MR) is 117 cm³/mol. The van der Waals surface area contributed by atoms with E-state index in [0.29, 0.717) is 6.54 Å². The summed E-state index contributed by atoms with van der Waals surface area (Å²) < 4.78 is 1.65. The number of anilines is 1. The van der Waals surface area contributed by atoms with E-state index in [1.165, 1.54) is 0 Å². The van der Waals surface area contributed by atoms with Gasteiger partial charge in [-0.05, 0) is 11.3 Å². The minimum absolute atomic E-state index is 0.0240. The molecule has 0 radical (unpaired) electrons. The fraction of sp³-hybridized carbons (Fsp3) is 0.429. The highest BCUT2D eigenvalue weighted by atomic mass is 32.2. The number of hydrogen-bond donors (Lipinski definition) is 0. The summed E-state index contributed by atoms with van der Waals surface area (Å²) in [6.07, 6.45) is 2.78. The summed E-state index contributed by atoms with van der Waals surface area (Å²) >= 11 is 1.88. The molecule has 8 heteroatoms. The summed E-state index contributed by atoms with van der Waals surface area (Å²) in [5, 5.41) is 15.5. The highest BCUT2D eigenvalue weighted by Gasteiger charge is 2.20. The molecular weight excluding hydrogens is 384 g/mol. The molecule has 1 fully saturated rings. The zero-order chi connectivity index (χ0) is 19.6. The van der Waals surface area contributed by atoms with E-state index >= 15 is 0 Å². The first-order valence-electron chi connectivity index (χ1n) is 10.1. The van der Waals surface area contributed by atoms with Gasteiger partial charge in [-0.1, -0.05) is 24.3 Å². The van der Waals surface area contributed by atoms with Crippen molar-refractivity contribution in [3.05, 3.63) is 58.1 Å². The molecule has 4 heterocycles. The molecule has 5 rings (SSSR count). The van der Waals surface area contributed by atoms with Gasteiger partial charge in [-0.15, -0.1) is 5.10 Å². The highest BCUT2D eigenvalue weighted by Crippen LogP contribution is 2.24. The van der Waals surface area contributed by atoms with Crippen molar-refractivity contribution in [2.45, 2.75) is 18.7 Å². The average molecular weight is 409 g/mol. The van der Waals surface area contributed by atoms with Gasteiger partial charge in [-0.2, -0.15) is 22.0 Å². The van der Waals surface area contributed by atoms with Gasteiger partial charge in [0.1, 0.15) is 0 Å². The van der Waals surface area contributed by atoms with Crippen molar-refractivity contribution in [2.24, 2.45) is 0 Å². The summed E-state index contributed by atoms with van der Waals surface area (Å²) in [6, 6.07) is 10.0. The zero-order valence-electron chi connectivity index (χ0n) is 16.3. The number of fused-ring (bicyclic) bond motifs is 2. The lowest BCUT2D eigenvalue weighted by Gasteiger charge is -2.35. The van der Waals surface area contributed by atoms with E-state index < -0.39 is 0 Å². The maximum Gasteiger partial charge on any atom is 0.267 e. The van der Waals surface area contributed by atoms with Gasteiger partial charge < -0.3 is 4.90 Å². The molecule has 1 aromatic carbocycles. The smallest absolute Gasteiger partial charge is 0.267 e. The summed E-state index contributed by atoms with van der Waals surface area (Å²) in [6.45, 7) is 5.20. The number of piperazine rings is 1. The minimum Gasteiger partial charge on any atom is -0.352 e. The minimum atomic E-state index is 0.0240. The SMILES string of the molecule is O=c1cc2c(nn1CCN1CCN(c3nncc4ccccc34)CC1)CCSC2. The maximum absolute atomic E-state index is 12.4. The van der Waals surface area contributed by atoms with Gasteiger partial charge in [-0.25, -0.2) is 4.68 Å². The molecule has 0 saturated carbocycles. The first-order chi connectivity index (χ1) is 14.3. The Labute approximate surface area is 173 Å². The van der Waals surface area contributed by atoms with Crippen LogP contribution in [0.2, 0.25) is 0 Å². The van der Waals surface area contributed by atoms with Gasteiger partial charge in [-0.3, -0.25) is 9.69 Å². The molecule has 150 valence electrons. The molecule has 0 aliphatic carbocycles. The summed E-state index contributed by atoms with van der Waals surface area (Å²) in [5.41, 5.74) is 2.24. The summed E-state index contributed by atoms with van der Waals surface area (Å²) in [7, 11) is 0. The molecule has 3 aromatic rings. The quantitative estimate of drug-likeness (QED) is 0.652. The van der Waals surface area contributed by atoms with Crippen LogP contribution in [0.15, 0.2) is 41.3 Å². The van der Waals surface area contributed by atoms with Crippen molar-refractivity contribution in [1.82, 2.24) is 24.9 Å². The third-order valence-corrected chi connectivity index (χ3v) is 6.76. The standard InChI is InChI=1S/C21H24N6OS/c28-20-13-17-15-29-12-5-19(17)24-27(20)11-8-25-6-9-26(10-7-25)21-18-4-2-1-3-16(18)14-22-23-21/h1-4,13-14H,5-12,15H2. The molecule has 7 nitrogen and oxygen atoms in total. The maximum atomic E-state index is 12.4. The molecule has 0 bridgehead atoms. The van der Waals surface area contributed by atoms with Crippen LogP contribution in [0.3, 0.4) is 0 Å². The third kappa shape index (κ3) is 3.86. The molecule has 0 N–H and O–H groups in total. The molecule has 0 unspecified atom stereocenters. The van der Waals surface area contributed by atoms with Gasteiger partial charge in [0, 0.05) is 61.7 Å². The Kier molecular flexibility index (Phi) is 5.20. The number of aryl methyl sites for hydroxylation is 1. The van der Waals surface area contributed by atoms with Crippen molar-refractivity contribution in [3.63, 3.8) is 0 Å². The van der Waals surface area contributed by atoms with Gasteiger partial charge in [0.15, 0.2) is 5.82 Å². The molecule has 2 aliphatic heterocycles. The number of hydrogen-bond acceptors (Lipinski definition) is 7. The predicted octanol–water partition coefficient (Wildman–Crippen LogP) is 1.80. The van der Waals surface area contributed by atoms with Crippen LogP contribution in [0, 0.1) is 0 Å². The van der Waals surface area contributed by atoms with E-state index in [-0.39, 0.29) is 5.56 Å². The van der Waals surface area contributed by atoms with E-state index in [4.69, 9.17) is 0 Å². The Morgan fingerprint density at radius 1 is 1.07 bits per heavy atom. The normalized spacial score (nSPS) is 17.4. The Morgan fingerprint density at radius 2 is 1.93 bits per heavy atom. The monoisotopic (exact) mass is 408 g/mol. The Hall–Kier alpha value is -2.45. The molecule has 1 saturated heterocycles. The van der Waals surface area contributed by atoms with Crippen LogP contribution < -0.4 is 10.5 Å². The van der Waals surface area contributed by atoms with E-state index in [0.717, 1.165) is 78.5 Å². The van der Waals surface area contributed by atoms with Crippen molar-refractivity contribution < 1.29 is 0 Å². The first kappa shape index (κ1) is 18.6. The van der Waals surface area contributed by atoms with Crippen LogP contribution in [0.4, 0.5) is 5.82 Å². The van der Waals surface area contributed by atoms with Crippen LogP contribution in [-0.4, -0.2) is 63.4 Å². The fourth-order valence-electron chi connectivity index (χ4n) is 4.08. The molecule has 0 spiro atoms. The number of rotatable bonds is 4. The van der Waals surface area contributed by atoms with Gasteiger partial charge in [0.05, 0.1) is 18.4 Å². The lowest BCUT2D eigenvalue weighted by molar-refractivity contribution is 0.242. The summed E-state index contributed by atoms with van der Waals surface area (Å²) in [5.74, 6) is 2.97. The van der Waals surface area contributed by atoms with Gasteiger partial charge in [0.25, 0.3) is 5.56 Å². The molecule has 29 heavy (non-hydrogen) atoms. The molecule has 2 aromatic heterocycles. The van der Waals surface area contributed by atoms with Crippen molar-refractivity contribution in [3.8, 4) is 0 Å². The highest BCUT2D eigenvalue weighted by molar-refractivity contribution is 7.98. The largest absolute Gasteiger partial charge is 0.352 e. The van der Waals surface area contributed by atoms with Crippen molar-refractivity contribution in [1.29, 1.82) is 0 Å². The van der Waals surface area contributed by atoms with Gasteiger partial charge in [0.2, 0.25) is 0 Å². The van der Waals surface area contributed by atoms with E-state index in [2.05, 4.69) is 37.2 Å². The number of thioether (sulfide) groups is 1. The first-order valence-corrected chi connectivity index (χ1v) is 11.3.